The predicted molar refractivity (Wildman–Crippen MR) is 104 cm³/mol. The van der Waals surface area contributed by atoms with Gasteiger partial charge in [0.05, 0.1) is 13.2 Å². The van der Waals surface area contributed by atoms with E-state index in [1.54, 1.807) is 0 Å². The highest BCUT2D eigenvalue weighted by atomic mass is 16.6. The minimum Gasteiger partial charge on any atom is -0.394 e. The molecule has 0 unspecified atom stereocenters. The molecular weight excluding hydrogens is 332 g/mol. The summed E-state index contributed by atoms with van der Waals surface area (Å²) in [5, 5.41) is 29.0. The van der Waals surface area contributed by atoms with Crippen LogP contribution in [0.25, 0.3) is 0 Å². The molecule has 0 spiro atoms. The Hall–Kier alpha value is -0.460. The first-order valence-corrected chi connectivity index (χ1v) is 10.6. The Morgan fingerprint density at radius 1 is 0.923 bits per heavy atom. The minimum atomic E-state index is -0.975. The Morgan fingerprint density at radius 2 is 1.54 bits per heavy atom. The van der Waals surface area contributed by atoms with Crippen molar-refractivity contribution < 1.29 is 24.8 Å². The smallest absolute Gasteiger partial charge is 0.114 e. The second kappa shape index (κ2) is 15.6. The Kier molecular flexibility index (Phi) is 14.1. The molecule has 0 aromatic rings. The van der Waals surface area contributed by atoms with Crippen LogP contribution < -0.4 is 0 Å². The van der Waals surface area contributed by atoms with Gasteiger partial charge >= 0.3 is 0 Å². The third-order valence-electron chi connectivity index (χ3n) is 4.97. The third kappa shape index (κ3) is 10.0. The van der Waals surface area contributed by atoms with Crippen molar-refractivity contribution in [2.75, 3.05) is 19.8 Å². The number of aliphatic hydroxyl groups excluding tert-OH is 3. The van der Waals surface area contributed by atoms with Crippen molar-refractivity contribution in [3.8, 4) is 0 Å². The number of hydrogen-bond acceptors (Lipinski definition) is 5. The Labute approximate surface area is 159 Å². The van der Waals surface area contributed by atoms with E-state index in [0.29, 0.717) is 6.61 Å². The van der Waals surface area contributed by atoms with Gasteiger partial charge in [0, 0.05) is 6.61 Å². The van der Waals surface area contributed by atoms with Crippen molar-refractivity contribution in [2.45, 2.75) is 102 Å². The van der Waals surface area contributed by atoms with Crippen LogP contribution >= 0.6 is 0 Å². The van der Waals surface area contributed by atoms with Crippen LogP contribution in [0.15, 0.2) is 12.2 Å². The average molecular weight is 373 g/mol. The Balaban J connectivity index is 1.93. The van der Waals surface area contributed by atoms with Gasteiger partial charge in [-0.05, 0) is 32.1 Å². The van der Waals surface area contributed by atoms with Gasteiger partial charge in [-0.2, -0.15) is 0 Å². The average Bonchev–Trinajstić information content (AvgIpc) is 2.64. The summed E-state index contributed by atoms with van der Waals surface area (Å²) in [4.78, 5) is 0. The summed E-state index contributed by atoms with van der Waals surface area (Å²) in [5.74, 6) is 0. The first-order valence-electron chi connectivity index (χ1n) is 10.6. The van der Waals surface area contributed by atoms with Crippen molar-refractivity contribution in [2.24, 2.45) is 0 Å². The SMILES string of the molecule is CCCCCC/C=C/CCCCCCCO[C@@H]1[C@@H](O)[C@H](CO)OC[C@H]1O. The van der Waals surface area contributed by atoms with E-state index in [1.165, 1.54) is 57.8 Å². The van der Waals surface area contributed by atoms with Crippen molar-refractivity contribution >= 4 is 0 Å². The molecule has 5 heteroatoms. The summed E-state index contributed by atoms with van der Waals surface area (Å²) in [6.07, 6.45) is 14.9. The fourth-order valence-corrected chi connectivity index (χ4v) is 3.26. The van der Waals surface area contributed by atoms with Gasteiger partial charge in [0.15, 0.2) is 0 Å². The number of unbranched alkanes of at least 4 members (excludes halogenated alkanes) is 9. The number of aliphatic hydroxyl groups is 3. The molecule has 1 aliphatic rings. The maximum Gasteiger partial charge on any atom is 0.114 e. The number of rotatable bonds is 15. The predicted octanol–water partition coefficient (Wildman–Crippen LogP) is 3.35. The second-order valence-corrected chi connectivity index (χ2v) is 7.32. The summed E-state index contributed by atoms with van der Waals surface area (Å²) in [7, 11) is 0. The first-order chi connectivity index (χ1) is 12.7. The lowest BCUT2D eigenvalue weighted by Gasteiger charge is -2.37. The van der Waals surface area contributed by atoms with Crippen LogP contribution in [-0.2, 0) is 9.47 Å². The van der Waals surface area contributed by atoms with Gasteiger partial charge in [0.25, 0.3) is 0 Å². The summed E-state index contributed by atoms with van der Waals surface area (Å²) >= 11 is 0. The Bertz CT molecular complexity index is 347. The van der Waals surface area contributed by atoms with Crippen LogP contribution in [0, 0.1) is 0 Å². The zero-order valence-corrected chi connectivity index (χ0v) is 16.5. The van der Waals surface area contributed by atoms with E-state index in [4.69, 9.17) is 14.6 Å². The summed E-state index contributed by atoms with van der Waals surface area (Å²) in [5.41, 5.74) is 0. The molecule has 0 bridgehead atoms. The van der Waals surface area contributed by atoms with Crippen molar-refractivity contribution in [3.05, 3.63) is 12.2 Å². The van der Waals surface area contributed by atoms with Crippen molar-refractivity contribution in [1.29, 1.82) is 0 Å². The van der Waals surface area contributed by atoms with Gasteiger partial charge < -0.3 is 24.8 Å². The van der Waals surface area contributed by atoms with E-state index < -0.39 is 24.4 Å². The lowest BCUT2D eigenvalue weighted by molar-refractivity contribution is -0.210. The topological polar surface area (TPSA) is 79.2 Å². The zero-order chi connectivity index (χ0) is 19.0. The highest BCUT2D eigenvalue weighted by Crippen LogP contribution is 2.19. The van der Waals surface area contributed by atoms with Crippen LogP contribution in [0.5, 0.6) is 0 Å². The molecule has 26 heavy (non-hydrogen) atoms. The number of ether oxygens (including phenoxy) is 2. The van der Waals surface area contributed by atoms with Crippen LogP contribution in [0.4, 0.5) is 0 Å². The molecule has 1 aliphatic heterocycles. The van der Waals surface area contributed by atoms with Gasteiger partial charge in [-0.1, -0.05) is 57.6 Å². The van der Waals surface area contributed by atoms with Gasteiger partial charge in [0.1, 0.15) is 24.4 Å². The third-order valence-corrected chi connectivity index (χ3v) is 4.97. The highest BCUT2D eigenvalue weighted by molar-refractivity contribution is 4.87. The van der Waals surface area contributed by atoms with Crippen LogP contribution in [0.1, 0.15) is 77.6 Å². The quantitative estimate of drug-likeness (QED) is 0.303. The molecule has 1 saturated heterocycles. The summed E-state index contributed by atoms with van der Waals surface area (Å²) < 4.78 is 10.8. The molecule has 4 atom stereocenters. The molecule has 1 heterocycles. The molecule has 154 valence electrons. The van der Waals surface area contributed by atoms with Gasteiger partial charge in [0.2, 0.25) is 0 Å². The zero-order valence-electron chi connectivity index (χ0n) is 16.5. The number of hydrogen-bond donors (Lipinski definition) is 3. The largest absolute Gasteiger partial charge is 0.394 e. The molecular formula is C21H40O5. The molecule has 0 saturated carbocycles. The van der Waals surface area contributed by atoms with Crippen molar-refractivity contribution in [3.63, 3.8) is 0 Å². The highest BCUT2D eigenvalue weighted by Gasteiger charge is 2.38. The van der Waals surface area contributed by atoms with Crippen LogP contribution in [0.2, 0.25) is 0 Å². The Morgan fingerprint density at radius 3 is 2.19 bits per heavy atom. The lowest BCUT2D eigenvalue weighted by atomic mass is 10.0. The second-order valence-electron chi connectivity index (χ2n) is 7.32. The first kappa shape index (κ1) is 23.6. The van der Waals surface area contributed by atoms with E-state index in [1.807, 2.05) is 0 Å². The van der Waals surface area contributed by atoms with E-state index in [-0.39, 0.29) is 13.2 Å². The molecule has 0 aromatic carbocycles. The number of allylic oxidation sites excluding steroid dienone is 2. The van der Waals surface area contributed by atoms with E-state index >= 15 is 0 Å². The molecule has 1 fully saturated rings. The van der Waals surface area contributed by atoms with E-state index in [0.717, 1.165) is 12.8 Å². The van der Waals surface area contributed by atoms with Gasteiger partial charge in [-0.15, -0.1) is 0 Å². The van der Waals surface area contributed by atoms with Crippen molar-refractivity contribution in [1.82, 2.24) is 0 Å². The molecule has 0 radical (unpaired) electrons. The lowest BCUT2D eigenvalue weighted by Crippen LogP contribution is -2.55. The molecule has 5 nitrogen and oxygen atoms in total. The fraction of sp³-hybridized carbons (Fsp3) is 0.905. The fourth-order valence-electron chi connectivity index (χ4n) is 3.26. The molecule has 1 rings (SSSR count). The molecule has 3 N–H and O–H groups in total. The molecule has 0 aliphatic carbocycles. The van der Waals surface area contributed by atoms with Gasteiger partial charge in [-0.25, -0.2) is 0 Å². The van der Waals surface area contributed by atoms with Gasteiger partial charge in [-0.3, -0.25) is 0 Å². The standard InChI is InChI=1S/C21H40O5/c1-2-3-4-5-6-7-8-9-10-11-12-13-14-15-25-21-18(23)17-26-19(16-22)20(21)24/h7-8,18-24H,2-6,9-17H2,1H3/b8-7+/t18-,19+,20+,21+/m1/s1. The maximum atomic E-state index is 10.0. The molecule has 0 aromatic heterocycles. The normalized spacial score (nSPS) is 26.6. The minimum absolute atomic E-state index is 0.0963. The van der Waals surface area contributed by atoms with E-state index in [9.17, 15) is 10.2 Å². The van der Waals surface area contributed by atoms with Crippen LogP contribution in [-0.4, -0.2) is 59.6 Å². The summed E-state index contributed by atoms with van der Waals surface area (Å²) in [6.45, 7) is 2.60. The van der Waals surface area contributed by atoms with Crippen LogP contribution in [0.3, 0.4) is 0 Å². The summed E-state index contributed by atoms with van der Waals surface area (Å²) in [6, 6.07) is 0. The van der Waals surface area contributed by atoms with E-state index in [2.05, 4.69) is 19.1 Å². The molecule has 0 amide bonds. The maximum absolute atomic E-state index is 10.0. The monoisotopic (exact) mass is 372 g/mol.